The van der Waals surface area contributed by atoms with Crippen molar-refractivity contribution in [3.05, 3.63) is 23.3 Å². The molecular formula is C10H14N2O. The number of nitrogen functional groups attached to an aromatic ring is 1. The molecule has 1 aromatic carbocycles. The van der Waals surface area contributed by atoms with Gasteiger partial charge in [0.25, 0.3) is 0 Å². The quantitative estimate of drug-likeness (QED) is 0.590. The third-order valence-corrected chi connectivity index (χ3v) is 2.40. The van der Waals surface area contributed by atoms with Gasteiger partial charge in [-0.15, -0.1) is 0 Å². The molecule has 0 bridgehead atoms. The van der Waals surface area contributed by atoms with Gasteiger partial charge in [0, 0.05) is 23.7 Å². The van der Waals surface area contributed by atoms with E-state index in [1.54, 1.807) is 0 Å². The molecule has 0 aliphatic carbocycles. The lowest BCUT2D eigenvalue weighted by Gasteiger charge is -2.24. The maximum Gasteiger partial charge on any atom is 0.127 e. The van der Waals surface area contributed by atoms with Gasteiger partial charge in [-0.2, -0.15) is 0 Å². The van der Waals surface area contributed by atoms with Crippen LogP contribution >= 0.6 is 0 Å². The van der Waals surface area contributed by atoms with Crippen molar-refractivity contribution in [3.63, 3.8) is 0 Å². The van der Waals surface area contributed by atoms with Crippen LogP contribution < -0.4 is 16.2 Å². The van der Waals surface area contributed by atoms with Crippen LogP contribution in [0.15, 0.2) is 12.1 Å². The van der Waals surface area contributed by atoms with Crippen LogP contribution in [0.25, 0.3) is 0 Å². The second-order valence-corrected chi connectivity index (χ2v) is 3.50. The molecule has 2 rings (SSSR count). The topological polar surface area (TPSA) is 61.3 Å². The summed E-state index contributed by atoms with van der Waals surface area (Å²) in [4.78, 5) is 0. The molecule has 3 nitrogen and oxygen atoms in total. The normalized spacial score (nSPS) is 20.6. The first-order valence-corrected chi connectivity index (χ1v) is 4.47. The monoisotopic (exact) mass is 178 g/mol. The molecule has 0 unspecified atom stereocenters. The molecule has 1 heterocycles. The standard InChI is InChI=1S/C10H14N2O/c1-6-4-7(11)5-8-9(12)2-3-13-10(6)8/h4-5,9H,2-3,11-12H2,1H3/t9-/m0/s1. The van der Waals surface area contributed by atoms with Gasteiger partial charge in [0.2, 0.25) is 0 Å². The third-order valence-electron chi connectivity index (χ3n) is 2.40. The van der Waals surface area contributed by atoms with Gasteiger partial charge in [-0.1, -0.05) is 0 Å². The summed E-state index contributed by atoms with van der Waals surface area (Å²) in [7, 11) is 0. The summed E-state index contributed by atoms with van der Waals surface area (Å²) < 4.78 is 5.54. The van der Waals surface area contributed by atoms with E-state index in [0.29, 0.717) is 6.61 Å². The summed E-state index contributed by atoms with van der Waals surface area (Å²) in [5, 5.41) is 0. The van der Waals surface area contributed by atoms with E-state index in [1.165, 1.54) is 0 Å². The van der Waals surface area contributed by atoms with E-state index >= 15 is 0 Å². The summed E-state index contributed by atoms with van der Waals surface area (Å²) in [5.74, 6) is 0.924. The van der Waals surface area contributed by atoms with Crippen LogP contribution in [0.5, 0.6) is 5.75 Å². The molecule has 0 fully saturated rings. The zero-order chi connectivity index (χ0) is 9.42. The number of nitrogens with two attached hydrogens (primary N) is 2. The second kappa shape index (κ2) is 2.92. The number of hydrogen-bond donors (Lipinski definition) is 2. The Morgan fingerprint density at radius 2 is 2.23 bits per heavy atom. The number of rotatable bonds is 0. The van der Waals surface area contributed by atoms with Gasteiger partial charge in [0.05, 0.1) is 6.61 Å². The van der Waals surface area contributed by atoms with E-state index in [1.807, 2.05) is 19.1 Å². The van der Waals surface area contributed by atoms with Crippen molar-refractivity contribution >= 4 is 5.69 Å². The van der Waals surface area contributed by atoms with Crippen molar-refractivity contribution in [2.45, 2.75) is 19.4 Å². The molecule has 1 aliphatic heterocycles. The molecule has 1 aromatic rings. The average molecular weight is 178 g/mol. The van der Waals surface area contributed by atoms with E-state index in [-0.39, 0.29) is 6.04 Å². The summed E-state index contributed by atoms with van der Waals surface area (Å²) in [6.07, 6.45) is 0.871. The van der Waals surface area contributed by atoms with E-state index in [4.69, 9.17) is 16.2 Å². The predicted molar refractivity (Wildman–Crippen MR) is 52.6 cm³/mol. The Morgan fingerprint density at radius 1 is 1.46 bits per heavy atom. The molecule has 0 saturated heterocycles. The molecule has 13 heavy (non-hydrogen) atoms. The minimum absolute atomic E-state index is 0.0750. The van der Waals surface area contributed by atoms with Gasteiger partial charge in [-0.25, -0.2) is 0 Å². The molecule has 0 amide bonds. The molecule has 0 saturated carbocycles. The van der Waals surface area contributed by atoms with E-state index in [2.05, 4.69) is 0 Å². The first-order chi connectivity index (χ1) is 6.18. The van der Waals surface area contributed by atoms with Crippen molar-refractivity contribution in [3.8, 4) is 5.75 Å². The molecule has 1 atom stereocenters. The Labute approximate surface area is 77.7 Å². The fraction of sp³-hybridized carbons (Fsp3) is 0.400. The molecule has 0 radical (unpaired) electrons. The predicted octanol–water partition coefficient (Wildman–Crippen LogP) is 1.36. The van der Waals surface area contributed by atoms with Crippen molar-refractivity contribution < 1.29 is 4.74 Å². The lowest BCUT2D eigenvalue weighted by atomic mass is 9.98. The molecule has 0 aromatic heterocycles. The highest BCUT2D eigenvalue weighted by molar-refractivity contribution is 5.54. The summed E-state index contributed by atoms with van der Waals surface area (Å²) >= 11 is 0. The third kappa shape index (κ3) is 1.35. The van der Waals surface area contributed by atoms with E-state index in [9.17, 15) is 0 Å². The maximum absolute atomic E-state index is 5.95. The highest BCUT2D eigenvalue weighted by Crippen LogP contribution is 2.34. The first-order valence-electron chi connectivity index (χ1n) is 4.47. The van der Waals surface area contributed by atoms with Crippen LogP contribution in [0, 0.1) is 6.92 Å². The van der Waals surface area contributed by atoms with Crippen molar-refractivity contribution in [1.29, 1.82) is 0 Å². The average Bonchev–Trinajstić information content (AvgIpc) is 2.07. The zero-order valence-corrected chi connectivity index (χ0v) is 7.71. The molecule has 0 spiro atoms. The minimum Gasteiger partial charge on any atom is -0.493 e. The van der Waals surface area contributed by atoms with Crippen LogP contribution in [-0.2, 0) is 0 Å². The van der Waals surface area contributed by atoms with Crippen LogP contribution in [0.3, 0.4) is 0 Å². The number of benzene rings is 1. The SMILES string of the molecule is Cc1cc(N)cc2c1OCC[C@@H]2N. The van der Waals surface area contributed by atoms with Crippen LogP contribution in [-0.4, -0.2) is 6.61 Å². The largest absolute Gasteiger partial charge is 0.493 e. The molecule has 3 heteroatoms. The molecular weight excluding hydrogens is 164 g/mol. The molecule has 70 valence electrons. The van der Waals surface area contributed by atoms with E-state index in [0.717, 1.165) is 29.0 Å². The lowest BCUT2D eigenvalue weighted by Crippen LogP contribution is -2.21. The Kier molecular flexibility index (Phi) is 1.88. The number of hydrogen-bond acceptors (Lipinski definition) is 3. The number of anilines is 1. The number of ether oxygens (including phenoxy) is 1. The summed E-state index contributed by atoms with van der Waals surface area (Å²) in [6, 6.07) is 3.90. The van der Waals surface area contributed by atoms with Crippen molar-refractivity contribution in [2.24, 2.45) is 5.73 Å². The molecule has 1 aliphatic rings. The number of aryl methyl sites for hydroxylation is 1. The Hall–Kier alpha value is -1.22. The van der Waals surface area contributed by atoms with Crippen molar-refractivity contribution in [1.82, 2.24) is 0 Å². The van der Waals surface area contributed by atoms with E-state index < -0.39 is 0 Å². The fourth-order valence-electron chi connectivity index (χ4n) is 1.75. The van der Waals surface area contributed by atoms with Gasteiger partial charge in [-0.3, -0.25) is 0 Å². The summed E-state index contributed by atoms with van der Waals surface area (Å²) in [6.45, 7) is 2.70. The highest BCUT2D eigenvalue weighted by atomic mass is 16.5. The van der Waals surface area contributed by atoms with Crippen LogP contribution in [0.2, 0.25) is 0 Å². The first kappa shape index (κ1) is 8.38. The highest BCUT2D eigenvalue weighted by Gasteiger charge is 2.19. The van der Waals surface area contributed by atoms with Gasteiger partial charge in [-0.05, 0) is 24.6 Å². The lowest BCUT2D eigenvalue weighted by molar-refractivity contribution is 0.267. The second-order valence-electron chi connectivity index (χ2n) is 3.50. The zero-order valence-electron chi connectivity index (χ0n) is 7.71. The Balaban J connectivity index is 2.56. The van der Waals surface area contributed by atoms with Gasteiger partial charge in [0.15, 0.2) is 0 Å². The van der Waals surface area contributed by atoms with Crippen molar-refractivity contribution in [2.75, 3.05) is 12.3 Å². The number of fused-ring (bicyclic) bond motifs is 1. The maximum atomic E-state index is 5.95. The Morgan fingerprint density at radius 3 is 3.00 bits per heavy atom. The smallest absolute Gasteiger partial charge is 0.127 e. The van der Waals surface area contributed by atoms with Gasteiger partial charge >= 0.3 is 0 Å². The van der Waals surface area contributed by atoms with Gasteiger partial charge < -0.3 is 16.2 Å². The molecule has 4 N–H and O–H groups in total. The minimum atomic E-state index is 0.0750. The Bertz CT molecular complexity index is 336. The van der Waals surface area contributed by atoms with Gasteiger partial charge in [0.1, 0.15) is 5.75 Å². The summed E-state index contributed by atoms with van der Waals surface area (Å²) in [5.41, 5.74) is 14.6. The fourth-order valence-corrected chi connectivity index (χ4v) is 1.75. The van der Waals surface area contributed by atoms with Crippen LogP contribution in [0.4, 0.5) is 5.69 Å². The van der Waals surface area contributed by atoms with Crippen LogP contribution in [0.1, 0.15) is 23.6 Å².